The highest BCUT2D eigenvalue weighted by Crippen LogP contribution is 2.28. The van der Waals surface area contributed by atoms with E-state index in [0.717, 1.165) is 9.86 Å². The summed E-state index contributed by atoms with van der Waals surface area (Å²) in [7, 11) is 1.60. The Hall–Kier alpha value is -2.60. The third kappa shape index (κ3) is 2.31. The molecule has 0 radical (unpaired) electrons. The van der Waals surface area contributed by atoms with Crippen molar-refractivity contribution in [1.29, 1.82) is 0 Å². The van der Waals surface area contributed by atoms with Crippen molar-refractivity contribution >= 4 is 26.9 Å². The lowest BCUT2D eigenvalue weighted by Crippen LogP contribution is -2.14. The maximum Gasteiger partial charge on any atom is 0.284 e. The Labute approximate surface area is 139 Å². The van der Waals surface area contributed by atoms with Gasteiger partial charge in [-0.2, -0.15) is 4.68 Å². The Morgan fingerprint density at radius 3 is 2.65 bits per heavy atom. The first-order chi connectivity index (χ1) is 11.2. The fourth-order valence-electron chi connectivity index (χ4n) is 2.47. The van der Waals surface area contributed by atoms with Crippen molar-refractivity contribution in [2.24, 2.45) is 0 Å². The predicted molar refractivity (Wildman–Crippen MR) is 90.5 cm³/mol. The number of fused-ring (bicyclic) bond motifs is 2. The lowest BCUT2D eigenvalue weighted by molar-refractivity contribution is 0.415. The largest absolute Gasteiger partial charge is 0.497 e. The molecule has 2 heterocycles. The van der Waals surface area contributed by atoms with Crippen LogP contribution in [0.5, 0.6) is 5.75 Å². The Morgan fingerprint density at radius 1 is 1.13 bits per heavy atom. The van der Waals surface area contributed by atoms with Crippen LogP contribution in [0.2, 0.25) is 0 Å². The normalized spacial score (nSPS) is 11.2. The van der Waals surface area contributed by atoms with Gasteiger partial charge in [0.25, 0.3) is 5.56 Å². The molecule has 2 aliphatic rings. The molecule has 0 saturated carbocycles. The first-order valence-electron chi connectivity index (χ1n) is 6.92. The fourth-order valence-corrected chi connectivity index (χ4v) is 2.74. The van der Waals surface area contributed by atoms with Crippen molar-refractivity contribution < 1.29 is 9.15 Å². The van der Waals surface area contributed by atoms with Crippen molar-refractivity contribution in [2.45, 2.75) is 0 Å². The summed E-state index contributed by atoms with van der Waals surface area (Å²) < 4.78 is 13.2. The molecular formula is C17H11BrN2O3. The maximum absolute atomic E-state index is 12.6. The maximum atomic E-state index is 12.6. The second-order valence-corrected chi connectivity index (χ2v) is 5.98. The van der Waals surface area contributed by atoms with Gasteiger partial charge in [-0.15, -0.1) is 5.10 Å². The van der Waals surface area contributed by atoms with Gasteiger partial charge in [-0.3, -0.25) is 4.79 Å². The van der Waals surface area contributed by atoms with Gasteiger partial charge in [-0.25, -0.2) is 0 Å². The second kappa shape index (κ2) is 5.24. The van der Waals surface area contributed by atoms with E-state index in [4.69, 9.17) is 9.15 Å². The number of hydrogen-bond acceptors (Lipinski definition) is 4. The predicted octanol–water partition coefficient (Wildman–Crippen LogP) is 3.85. The van der Waals surface area contributed by atoms with E-state index in [0.29, 0.717) is 28.5 Å². The zero-order chi connectivity index (χ0) is 16.0. The number of aromatic nitrogens is 2. The first kappa shape index (κ1) is 14.0. The number of halogens is 1. The SMILES string of the molecule is COc1ccc2oc3nn(-c4ccc(Br)cc4)c(=O)c-3cc2c1. The summed E-state index contributed by atoms with van der Waals surface area (Å²) in [6, 6.07) is 14.6. The average Bonchev–Trinajstić information content (AvgIpc) is 2.89. The van der Waals surface area contributed by atoms with Crippen LogP contribution >= 0.6 is 15.9 Å². The molecule has 4 rings (SSSR count). The lowest BCUT2D eigenvalue weighted by atomic mass is 10.1. The van der Waals surface area contributed by atoms with Crippen molar-refractivity contribution in [1.82, 2.24) is 9.78 Å². The van der Waals surface area contributed by atoms with Crippen molar-refractivity contribution in [3.63, 3.8) is 0 Å². The van der Waals surface area contributed by atoms with E-state index in [1.807, 2.05) is 36.4 Å². The summed E-state index contributed by atoms with van der Waals surface area (Å²) in [6.45, 7) is 0. The average molecular weight is 371 g/mol. The van der Waals surface area contributed by atoms with Crippen molar-refractivity contribution in [2.75, 3.05) is 7.11 Å². The zero-order valence-corrected chi connectivity index (χ0v) is 13.7. The molecule has 0 unspecified atom stereocenters. The number of nitrogens with zero attached hydrogens (tertiary/aromatic N) is 2. The minimum atomic E-state index is -0.212. The first-order valence-corrected chi connectivity index (χ1v) is 7.71. The van der Waals surface area contributed by atoms with E-state index in [1.165, 1.54) is 4.68 Å². The fraction of sp³-hybridized carbons (Fsp3) is 0.0588. The lowest BCUT2D eigenvalue weighted by Gasteiger charge is -2.03. The third-order valence-electron chi connectivity index (χ3n) is 3.64. The molecule has 2 aliphatic heterocycles. The molecule has 0 fully saturated rings. The van der Waals surface area contributed by atoms with Gasteiger partial charge in [-0.1, -0.05) is 15.9 Å². The highest BCUT2D eigenvalue weighted by Gasteiger charge is 2.19. The molecule has 2 aromatic rings. The number of rotatable bonds is 2. The Bertz CT molecular complexity index is 1030. The minimum absolute atomic E-state index is 0.212. The molecule has 0 bridgehead atoms. The molecule has 0 N–H and O–H groups in total. The summed E-state index contributed by atoms with van der Waals surface area (Å²) in [4.78, 5) is 12.6. The van der Waals surface area contributed by atoms with E-state index in [1.54, 1.807) is 19.2 Å². The van der Waals surface area contributed by atoms with Gasteiger partial charge < -0.3 is 9.15 Å². The highest BCUT2D eigenvalue weighted by atomic mass is 79.9. The molecule has 114 valence electrons. The molecule has 0 saturated heterocycles. The molecule has 0 aromatic heterocycles. The van der Waals surface area contributed by atoms with Crippen LogP contribution in [0.25, 0.3) is 28.1 Å². The van der Waals surface area contributed by atoms with Crippen LogP contribution < -0.4 is 10.3 Å². The van der Waals surface area contributed by atoms with E-state index in [2.05, 4.69) is 21.0 Å². The molecule has 23 heavy (non-hydrogen) atoms. The van der Waals surface area contributed by atoms with E-state index in [-0.39, 0.29) is 5.56 Å². The van der Waals surface area contributed by atoms with Gasteiger partial charge in [-0.05, 0) is 48.5 Å². The van der Waals surface area contributed by atoms with E-state index in [9.17, 15) is 4.79 Å². The number of benzene rings is 2. The van der Waals surface area contributed by atoms with E-state index < -0.39 is 0 Å². The quantitative estimate of drug-likeness (QED) is 0.537. The zero-order valence-electron chi connectivity index (χ0n) is 12.1. The van der Waals surface area contributed by atoms with Gasteiger partial charge in [0.2, 0.25) is 5.89 Å². The van der Waals surface area contributed by atoms with E-state index >= 15 is 0 Å². The Kier molecular flexibility index (Phi) is 3.20. The van der Waals surface area contributed by atoms with Gasteiger partial charge in [0.1, 0.15) is 16.9 Å². The molecule has 0 atom stereocenters. The molecule has 2 aromatic carbocycles. The monoisotopic (exact) mass is 370 g/mol. The molecule has 5 nitrogen and oxygen atoms in total. The third-order valence-corrected chi connectivity index (χ3v) is 4.17. The second-order valence-electron chi connectivity index (χ2n) is 5.06. The van der Waals surface area contributed by atoms with Gasteiger partial charge in [0.05, 0.1) is 12.8 Å². The number of hydrogen-bond donors (Lipinski definition) is 0. The van der Waals surface area contributed by atoms with Crippen LogP contribution in [-0.4, -0.2) is 16.9 Å². The molecule has 0 spiro atoms. The summed E-state index contributed by atoms with van der Waals surface area (Å²) in [5, 5.41) is 5.09. The van der Waals surface area contributed by atoms with Crippen molar-refractivity contribution in [3.8, 4) is 22.9 Å². The smallest absolute Gasteiger partial charge is 0.284 e. The molecular weight excluding hydrogens is 360 g/mol. The standard InChI is InChI=1S/C17H11BrN2O3/c1-22-13-6-7-15-10(8-13)9-14-16(23-15)19-20(17(14)21)12-4-2-11(18)3-5-12/h2-9H,1H3. The molecule has 6 heteroatoms. The summed E-state index contributed by atoms with van der Waals surface area (Å²) >= 11 is 3.38. The topological polar surface area (TPSA) is 57.3 Å². The Balaban J connectivity index is 1.97. The molecule has 0 aliphatic carbocycles. The van der Waals surface area contributed by atoms with Crippen LogP contribution in [0.15, 0.2) is 62.2 Å². The summed E-state index contributed by atoms with van der Waals surface area (Å²) in [6.07, 6.45) is 0. The molecule has 0 amide bonds. The summed E-state index contributed by atoms with van der Waals surface area (Å²) in [5.41, 5.74) is 1.56. The van der Waals surface area contributed by atoms with Gasteiger partial charge >= 0.3 is 0 Å². The van der Waals surface area contributed by atoms with Crippen LogP contribution in [-0.2, 0) is 0 Å². The summed E-state index contributed by atoms with van der Waals surface area (Å²) in [5.74, 6) is 1.02. The van der Waals surface area contributed by atoms with Gasteiger partial charge in [0.15, 0.2) is 0 Å². The Morgan fingerprint density at radius 2 is 1.91 bits per heavy atom. The number of methoxy groups -OCH3 is 1. The van der Waals surface area contributed by atoms with Crippen molar-refractivity contribution in [3.05, 3.63) is 63.4 Å². The van der Waals surface area contributed by atoms with Crippen LogP contribution in [0.1, 0.15) is 0 Å². The van der Waals surface area contributed by atoms with Gasteiger partial charge in [0, 0.05) is 9.86 Å². The van der Waals surface area contributed by atoms with Crippen LogP contribution in [0, 0.1) is 0 Å². The highest BCUT2D eigenvalue weighted by molar-refractivity contribution is 9.10. The van der Waals surface area contributed by atoms with Crippen LogP contribution in [0.3, 0.4) is 0 Å². The van der Waals surface area contributed by atoms with Crippen LogP contribution in [0.4, 0.5) is 0 Å². The number of ether oxygens (including phenoxy) is 1. The minimum Gasteiger partial charge on any atom is -0.497 e.